The third kappa shape index (κ3) is 3.83. The van der Waals surface area contributed by atoms with E-state index in [2.05, 4.69) is 37.3 Å². The number of benzene rings is 2. The molecule has 2 aromatic rings. The van der Waals surface area contributed by atoms with Crippen molar-refractivity contribution >= 4 is 31.9 Å². The number of hydrogen-bond acceptors (Lipinski definition) is 3. The summed E-state index contributed by atoms with van der Waals surface area (Å²) >= 11 is 6.73. The molecule has 0 aromatic heterocycles. The Labute approximate surface area is 139 Å². The molecule has 2 aromatic carbocycles. The van der Waals surface area contributed by atoms with Gasteiger partial charge in [0.25, 0.3) is 0 Å². The van der Waals surface area contributed by atoms with E-state index < -0.39 is 0 Å². The Hall–Kier alpha value is -0.950. The number of hydrogen-bond donors (Lipinski definition) is 2. The second-order valence-electron chi connectivity index (χ2n) is 4.54. The first-order valence-electron chi connectivity index (χ1n) is 6.29. The molecule has 3 nitrogen and oxygen atoms in total. The first kappa shape index (κ1) is 16.4. The van der Waals surface area contributed by atoms with Gasteiger partial charge in [-0.1, -0.05) is 18.2 Å². The number of hydrazine groups is 1. The van der Waals surface area contributed by atoms with Crippen LogP contribution in [-0.2, 0) is 6.42 Å². The number of rotatable bonds is 5. The minimum atomic E-state index is -0.302. The molecule has 0 spiro atoms. The lowest BCUT2D eigenvalue weighted by Crippen LogP contribution is -2.30. The van der Waals surface area contributed by atoms with Crippen molar-refractivity contribution in [3.8, 4) is 5.75 Å². The van der Waals surface area contributed by atoms with Crippen molar-refractivity contribution in [1.82, 2.24) is 5.43 Å². The summed E-state index contributed by atoms with van der Waals surface area (Å²) in [5.74, 6) is 6.10. The number of nitrogens with one attached hydrogen (secondary N) is 1. The fraction of sp³-hybridized carbons (Fsp3) is 0.200. The van der Waals surface area contributed by atoms with Gasteiger partial charge in [0.05, 0.1) is 22.1 Å². The zero-order chi connectivity index (χ0) is 15.4. The Morgan fingerprint density at radius 1 is 1.29 bits per heavy atom. The maximum absolute atomic E-state index is 13.6. The van der Waals surface area contributed by atoms with E-state index in [1.165, 1.54) is 6.07 Å². The minimum absolute atomic E-state index is 0.199. The van der Waals surface area contributed by atoms with Crippen molar-refractivity contribution in [1.29, 1.82) is 0 Å². The van der Waals surface area contributed by atoms with Crippen LogP contribution in [0.4, 0.5) is 4.39 Å². The molecule has 3 N–H and O–H groups in total. The predicted octanol–water partition coefficient (Wildman–Crippen LogP) is 4.11. The molecule has 0 aliphatic rings. The molecule has 0 heterocycles. The third-order valence-electron chi connectivity index (χ3n) is 3.21. The Bertz CT molecular complexity index is 637. The largest absolute Gasteiger partial charge is 0.496 e. The van der Waals surface area contributed by atoms with Crippen LogP contribution in [0.3, 0.4) is 0 Å². The van der Waals surface area contributed by atoms with E-state index in [0.29, 0.717) is 10.9 Å². The number of nitrogens with two attached hydrogens (primary N) is 1. The molecule has 1 unspecified atom stereocenters. The summed E-state index contributed by atoms with van der Waals surface area (Å²) < 4.78 is 20.1. The summed E-state index contributed by atoms with van der Waals surface area (Å²) in [6, 6.07) is 10.5. The minimum Gasteiger partial charge on any atom is -0.496 e. The molecule has 0 radical (unpaired) electrons. The molecule has 0 aliphatic carbocycles. The van der Waals surface area contributed by atoms with Crippen molar-refractivity contribution in [2.45, 2.75) is 12.5 Å². The van der Waals surface area contributed by atoms with Gasteiger partial charge in [0.1, 0.15) is 11.6 Å². The first-order chi connectivity index (χ1) is 10.1. The van der Waals surface area contributed by atoms with Crippen LogP contribution in [0.1, 0.15) is 17.2 Å². The number of ether oxygens (including phenoxy) is 1. The van der Waals surface area contributed by atoms with Crippen LogP contribution < -0.4 is 16.0 Å². The lowest BCUT2D eigenvalue weighted by Gasteiger charge is -2.18. The number of halogens is 3. The van der Waals surface area contributed by atoms with Gasteiger partial charge >= 0.3 is 0 Å². The van der Waals surface area contributed by atoms with E-state index in [1.54, 1.807) is 13.2 Å². The van der Waals surface area contributed by atoms with Gasteiger partial charge in [-0.3, -0.25) is 11.3 Å². The zero-order valence-electron chi connectivity index (χ0n) is 11.4. The van der Waals surface area contributed by atoms with E-state index in [9.17, 15) is 4.39 Å². The summed E-state index contributed by atoms with van der Waals surface area (Å²) in [7, 11) is 1.62. The Morgan fingerprint density at radius 3 is 2.67 bits per heavy atom. The van der Waals surface area contributed by atoms with Crippen molar-refractivity contribution in [2.75, 3.05) is 7.11 Å². The molecular formula is C15H15Br2FN2O. The molecule has 6 heteroatoms. The molecular weight excluding hydrogens is 403 g/mol. The second-order valence-corrected chi connectivity index (χ2v) is 6.18. The SMILES string of the molecule is COc1ccc(CC(NN)c2cccc(F)c2Br)cc1Br. The van der Waals surface area contributed by atoms with E-state index in [1.807, 2.05) is 24.3 Å². The highest BCUT2D eigenvalue weighted by atomic mass is 79.9. The molecule has 0 saturated heterocycles. The lowest BCUT2D eigenvalue weighted by atomic mass is 9.99. The van der Waals surface area contributed by atoms with Crippen LogP contribution >= 0.6 is 31.9 Å². The third-order valence-corrected chi connectivity index (χ3v) is 4.67. The molecule has 0 saturated carbocycles. The summed E-state index contributed by atoms with van der Waals surface area (Å²) in [5, 5.41) is 0. The molecule has 2 rings (SSSR count). The second kappa shape index (κ2) is 7.35. The van der Waals surface area contributed by atoms with Gasteiger partial charge in [0.15, 0.2) is 0 Å². The highest BCUT2D eigenvalue weighted by Crippen LogP contribution is 2.30. The van der Waals surface area contributed by atoms with Crippen molar-refractivity contribution in [3.63, 3.8) is 0 Å². The monoisotopic (exact) mass is 416 g/mol. The molecule has 0 fully saturated rings. The van der Waals surface area contributed by atoms with E-state index >= 15 is 0 Å². The lowest BCUT2D eigenvalue weighted by molar-refractivity contribution is 0.412. The van der Waals surface area contributed by atoms with Gasteiger partial charge in [0, 0.05) is 0 Å². The Morgan fingerprint density at radius 2 is 2.05 bits per heavy atom. The zero-order valence-corrected chi connectivity index (χ0v) is 14.5. The summed E-state index contributed by atoms with van der Waals surface area (Å²) in [6.45, 7) is 0. The maximum Gasteiger partial charge on any atom is 0.137 e. The average Bonchev–Trinajstić information content (AvgIpc) is 2.48. The molecule has 112 valence electrons. The average molecular weight is 418 g/mol. The quantitative estimate of drug-likeness (QED) is 0.568. The Kier molecular flexibility index (Phi) is 5.75. The van der Waals surface area contributed by atoms with Gasteiger partial charge in [-0.2, -0.15) is 0 Å². The normalized spacial score (nSPS) is 12.2. The topological polar surface area (TPSA) is 47.3 Å². The van der Waals surface area contributed by atoms with Crippen LogP contribution in [0.15, 0.2) is 45.3 Å². The standard InChI is InChI=1S/C15H15Br2FN2O/c1-21-14-6-5-9(7-11(14)16)8-13(20-19)10-3-2-4-12(18)15(10)17/h2-7,13,20H,8,19H2,1H3. The smallest absolute Gasteiger partial charge is 0.137 e. The van der Waals surface area contributed by atoms with E-state index in [4.69, 9.17) is 10.6 Å². The van der Waals surface area contributed by atoms with Gasteiger partial charge in [0.2, 0.25) is 0 Å². The van der Waals surface area contributed by atoms with Crippen molar-refractivity contribution < 1.29 is 9.13 Å². The highest BCUT2D eigenvalue weighted by Gasteiger charge is 2.16. The van der Waals surface area contributed by atoms with E-state index in [0.717, 1.165) is 21.3 Å². The highest BCUT2D eigenvalue weighted by molar-refractivity contribution is 9.10. The van der Waals surface area contributed by atoms with Crippen LogP contribution in [0.5, 0.6) is 5.75 Å². The summed E-state index contributed by atoms with van der Waals surface area (Å²) in [6.07, 6.45) is 0.626. The van der Waals surface area contributed by atoms with Crippen LogP contribution in [0, 0.1) is 5.82 Å². The van der Waals surface area contributed by atoms with Crippen LogP contribution in [-0.4, -0.2) is 7.11 Å². The van der Waals surface area contributed by atoms with Gasteiger partial charge < -0.3 is 4.74 Å². The fourth-order valence-electron chi connectivity index (χ4n) is 2.12. The van der Waals surface area contributed by atoms with Gasteiger partial charge in [-0.05, 0) is 67.6 Å². The van der Waals surface area contributed by atoms with Crippen LogP contribution in [0.2, 0.25) is 0 Å². The predicted molar refractivity (Wildman–Crippen MR) is 88.6 cm³/mol. The molecule has 1 atom stereocenters. The van der Waals surface area contributed by atoms with Crippen molar-refractivity contribution in [3.05, 3.63) is 62.3 Å². The fourth-order valence-corrected chi connectivity index (χ4v) is 3.25. The van der Waals surface area contributed by atoms with Gasteiger partial charge in [-0.25, -0.2) is 4.39 Å². The van der Waals surface area contributed by atoms with Crippen LogP contribution in [0.25, 0.3) is 0 Å². The molecule has 0 bridgehead atoms. The van der Waals surface area contributed by atoms with Gasteiger partial charge in [-0.15, -0.1) is 0 Å². The number of methoxy groups -OCH3 is 1. The Balaban J connectivity index is 2.27. The van der Waals surface area contributed by atoms with Crippen molar-refractivity contribution in [2.24, 2.45) is 5.84 Å². The summed E-state index contributed by atoms with van der Waals surface area (Å²) in [5.41, 5.74) is 4.58. The molecule has 0 aliphatic heterocycles. The summed E-state index contributed by atoms with van der Waals surface area (Å²) in [4.78, 5) is 0. The maximum atomic E-state index is 13.6. The molecule has 21 heavy (non-hydrogen) atoms. The first-order valence-corrected chi connectivity index (χ1v) is 7.88. The van der Waals surface area contributed by atoms with E-state index in [-0.39, 0.29) is 11.9 Å². The molecule has 0 amide bonds.